The van der Waals surface area contributed by atoms with Gasteiger partial charge in [0, 0.05) is 26.1 Å². The van der Waals surface area contributed by atoms with Crippen molar-refractivity contribution < 1.29 is 18.7 Å². The second-order valence-electron chi connectivity index (χ2n) is 6.58. The van der Waals surface area contributed by atoms with Gasteiger partial charge in [-0.1, -0.05) is 12.1 Å². The Bertz CT molecular complexity index is 834. The third-order valence-corrected chi connectivity index (χ3v) is 4.54. The number of hydrogen-bond donors (Lipinski definition) is 0. The van der Waals surface area contributed by atoms with Crippen molar-refractivity contribution >= 4 is 23.0 Å². The molecule has 1 aliphatic carbocycles. The lowest BCUT2D eigenvalue weighted by molar-refractivity contribution is -0.144. The Morgan fingerprint density at radius 1 is 1.27 bits per heavy atom. The van der Waals surface area contributed by atoms with Gasteiger partial charge in [-0.2, -0.15) is 0 Å². The van der Waals surface area contributed by atoms with Crippen LogP contribution in [0.5, 0.6) is 0 Å². The molecule has 2 aromatic rings. The molecule has 0 unspecified atom stereocenters. The van der Waals surface area contributed by atoms with E-state index in [1.165, 1.54) is 4.57 Å². The van der Waals surface area contributed by atoms with Gasteiger partial charge in [-0.3, -0.25) is 14.2 Å². The minimum atomic E-state index is -0.459. The summed E-state index contributed by atoms with van der Waals surface area (Å²) in [6, 6.07) is 7.16. The Hall–Kier alpha value is -2.57. The number of hydrogen-bond acceptors (Lipinski definition) is 5. The van der Waals surface area contributed by atoms with Crippen molar-refractivity contribution in [1.82, 2.24) is 9.47 Å². The number of ether oxygens (including phenoxy) is 1. The highest BCUT2D eigenvalue weighted by Crippen LogP contribution is 2.30. The summed E-state index contributed by atoms with van der Waals surface area (Å²) in [6.07, 6.45) is 2.63. The van der Waals surface area contributed by atoms with Crippen LogP contribution < -0.4 is 5.76 Å². The van der Waals surface area contributed by atoms with E-state index in [0.717, 1.165) is 12.8 Å². The largest absolute Gasteiger partial charge is 0.466 e. The van der Waals surface area contributed by atoms with Gasteiger partial charge in [0.15, 0.2) is 5.58 Å². The van der Waals surface area contributed by atoms with Crippen molar-refractivity contribution in [2.24, 2.45) is 5.92 Å². The molecule has 0 N–H and O–H groups in total. The molecule has 26 heavy (non-hydrogen) atoms. The highest BCUT2D eigenvalue weighted by atomic mass is 16.5. The maximum absolute atomic E-state index is 12.6. The highest BCUT2D eigenvalue weighted by molar-refractivity contribution is 5.78. The average Bonchev–Trinajstić information content (AvgIpc) is 3.38. The molecular formula is C19H24N2O5. The molecule has 0 saturated heterocycles. The number of aromatic nitrogens is 1. The number of esters is 1. The summed E-state index contributed by atoms with van der Waals surface area (Å²) in [4.78, 5) is 38.0. The molecule has 7 heteroatoms. The molecule has 140 valence electrons. The number of carbonyl (C=O) groups is 2. The molecule has 0 bridgehead atoms. The molecule has 1 heterocycles. The van der Waals surface area contributed by atoms with Crippen LogP contribution in [0, 0.1) is 5.92 Å². The molecule has 1 aromatic carbocycles. The lowest BCUT2D eigenvalue weighted by Gasteiger charge is -2.22. The van der Waals surface area contributed by atoms with Gasteiger partial charge < -0.3 is 14.1 Å². The van der Waals surface area contributed by atoms with E-state index in [1.807, 2.05) is 6.07 Å². The minimum Gasteiger partial charge on any atom is -0.466 e. The molecule has 1 aromatic heterocycles. The van der Waals surface area contributed by atoms with Gasteiger partial charge in [-0.15, -0.1) is 0 Å². The summed E-state index contributed by atoms with van der Waals surface area (Å²) in [6.45, 7) is 3.38. The van der Waals surface area contributed by atoms with E-state index in [2.05, 4.69) is 0 Å². The van der Waals surface area contributed by atoms with E-state index >= 15 is 0 Å². The zero-order valence-electron chi connectivity index (χ0n) is 15.0. The van der Waals surface area contributed by atoms with Gasteiger partial charge in [0.2, 0.25) is 5.91 Å². The van der Waals surface area contributed by atoms with E-state index < -0.39 is 5.76 Å². The quantitative estimate of drug-likeness (QED) is 0.640. The number of nitrogens with zero attached hydrogens (tertiary/aromatic N) is 2. The molecule has 0 atom stereocenters. The standard InChI is InChI=1S/C19H24N2O5/c1-2-25-18(23)10-11-20(13-14-7-8-14)17(22)9-12-21-15-5-3-4-6-16(15)26-19(21)24/h3-6,14H,2,7-13H2,1H3. The van der Waals surface area contributed by atoms with Crippen LogP contribution in [0.4, 0.5) is 0 Å². The molecule has 7 nitrogen and oxygen atoms in total. The van der Waals surface area contributed by atoms with Gasteiger partial charge >= 0.3 is 11.7 Å². The molecule has 1 fully saturated rings. The zero-order valence-corrected chi connectivity index (χ0v) is 15.0. The van der Waals surface area contributed by atoms with E-state index in [1.54, 1.807) is 30.0 Å². The monoisotopic (exact) mass is 360 g/mol. The Morgan fingerprint density at radius 3 is 2.77 bits per heavy atom. The van der Waals surface area contributed by atoms with Crippen LogP contribution in [0.1, 0.15) is 32.6 Å². The summed E-state index contributed by atoms with van der Waals surface area (Å²) >= 11 is 0. The SMILES string of the molecule is CCOC(=O)CCN(CC1CC1)C(=O)CCn1c(=O)oc2ccccc21. The summed E-state index contributed by atoms with van der Waals surface area (Å²) in [5, 5.41) is 0. The lowest BCUT2D eigenvalue weighted by Crippen LogP contribution is -2.36. The van der Waals surface area contributed by atoms with Crippen LogP contribution in [0.25, 0.3) is 11.1 Å². The summed E-state index contributed by atoms with van der Waals surface area (Å²) in [5.41, 5.74) is 1.20. The summed E-state index contributed by atoms with van der Waals surface area (Å²) in [5.74, 6) is -0.283. The zero-order chi connectivity index (χ0) is 18.5. The molecule has 1 amide bonds. The van der Waals surface area contributed by atoms with Gasteiger partial charge in [0.1, 0.15) is 0 Å². The lowest BCUT2D eigenvalue weighted by atomic mass is 10.2. The third kappa shape index (κ3) is 4.53. The number of benzene rings is 1. The van der Waals surface area contributed by atoms with Crippen molar-refractivity contribution in [3.63, 3.8) is 0 Å². The fourth-order valence-electron chi connectivity index (χ4n) is 2.98. The maximum Gasteiger partial charge on any atom is 0.419 e. The number of amides is 1. The van der Waals surface area contributed by atoms with Gasteiger partial charge in [-0.05, 0) is 37.8 Å². The van der Waals surface area contributed by atoms with Crippen molar-refractivity contribution in [2.75, 3.05) is 19.7 Å². The maximum atomic E-state index is 12.6. The third-order valence-electron chi connectivity index (χ3n) is 4.54. The van der Waals surface area contributed by atoms with Crippen molar-refractivity contribution in [3.8, 4) is 0 Å². The second-order valence-corrected chi connectivity index (χ2v) is 6.58. The number of carbonyl (C=O) groups excluding carboxylic acids is 2. The normalized spacial score (nSPS) is 13.7. The van der Waals surface area contributed by atoms with Crippen LogP contribution in [-0.2, 0) is 20.9 Å². The fourth-order valence-corrected chi connectivity index (χ4v) is 2.98. The molecule has 1 saturated carbocycles. The predicted octanol–water partition coefficient (Wildman–Crippen LogP) is 2.18. The highest BCUT2D eigenvalue weighted by Gasteiger charge is 2.27. The van der Waals surface area contributed by atoms with E-state index in [0.29, 0.717) is 36.7 Å². The number of fused-ring (bicyclic) bond motifs is 1. The fraction of sp³-hybridized carbons (Fsp3) is 0.526. The Kier molecular flexibility index (Phi) is 5.75. The number of para-hydroxylation sites is 2. The first-order valence-electron chi connectivity index (χ1n) is 9.10. The molecule has 0 spiro atoms. The van der Waals surface area contributed by atoms with E-state index in [4.69, 9.17) is 9.15 Å². The van der Waals surface area contributed by atoms with Crippen LogP contribution in [-0.4, -0.2) is 41.0 Å². The summed E-state index contributed by atoms with van der Waals surface area (Å²) < 4.78 is 11.6. The Morgan fingerprint density at radius 2 is 2.04 bits per heavy atom. The van der Waals surface area contributed by atoms with Crippen LogP contribution in [0.3, 0.4) is 0 Å². The first-order valence-corrected chi connectivity index (χ1v) is 9.10. The van der Waals surface area contributed by atoms with Crippen LogP contribution in [0.15, 0.2) is 33.5 Å². The molecule has 3 rings (SSSR count). The van der Waals surface area contributed by atoms with E-state index in [-0.39, 0.29) is 31.3 Å². The molecule has 1 aliphatic rings. The predicted molar refractivity (Wildman–Crippen MR) is 95.6 cm³/mol. The second kappa shape index (κ2) is 8.21. The van der Waals surface area contributed by atoms with Gasteiger partial charge in [-0.25, -0.2) is 4.79 Å². The van der Waals surface area contributed by atoms with Gasteiger partial charge in [0.25, 0.3) is 0 Å². The number of aryl methyl sites for hydroxylation is 1. The van der Waals surface area contributed by atoms with Crippen molar-refractivity contribution in [3.05, 3.63) is 34.8 Å². The molecule has 0 radical (unpaired) electrons. The van der Waals surface area contributed by atoms with Gasteiger partial charge in [0.05, 0.1) is 18.5 Å². The first-order chi connectivity index (χ1) is 12.6. The van der Waals surface area contributed by atoms with Crippen molar-refractivity contribution in [1.29, 1.82) is 0 Å². The van der Waals surface area contributed by atoms with Crippen LogP contribution in [0.2, 0.25) is 0 Å². The number of rotatable bonds is 9. The van der Waals surface area contributed by atoms with E-state index in [9.17, 15) is 14.4 Å². The van der Waals surface area contributed by atoms with Crippen molar-refractivity contribution in [2.45, 2.75) is 39.2 Å². The number of oxazole rings is 1. The Labute approximate surface area is 151 Å². The molecular weight excluding hydrogens is 336 g/mol. The summed E-state index contributed by atoms with van der Waals surface area (Å²) in [7, 11) is 0. The smallest absolute Gasteiger partial charge is 0.419 e. The Balaban J connectivity index is 1.62. The van der Waals surface area contributed by atoms with Crippen LogP contribution >= 0.6 is 0 Å². The minimum absolute atomic E-state index is 0.0571. The first kappa shape index (κ1) is 18.2. The molecule has 0 aliphatic heterocycles. The topological polar surface area (TPSA) is 81.8 Å². The average molecular weight is 360 g/mol.